The molecule has 0 atom stereocenters. The van der Waals surface area contributed by atoms with Gasteiger partial charge in [-0.25, -0.2) is 27.5 Å². The smallest absolute Gasteiger partial charge is 0.271 e. The predicted molar refractivity (Wildman–Crippen MR) is 162 cm³/mol. The first-order valence-electron chi connectivity index (χ1n) is 14.5. The van der Waals surface area contributed by atoms with Crippen molar-refractivity contribution in [2.45, 2.75) is 18.9 Å². The maximum atomic E-state index is 13.9. The Bertz CT molecular complexity index is 1500. The summed E-state index contributed by atoms with van der Waals surface area (Å²) in [5.74, 6) is -5.00. The van der Waals surface area contributed by atoms with E-state index < -0.39 is 41.0 Å². The molecule has 0 bridgehead atoms. The topological polar surface area (TPSA) is 103 Å². The lowest BCUT2D eigenvalue weighted by Crippen LogP contribution is -2.39. The van der Waals surface area contributed by atoms with Crippen LogP contribution in [-0.4, -0.2) is 86.3 Å². The number of aromatic nitrogens is 2. The van der Waals surface area contributed by atoms with Crippen LogP contribution in [0.15, 0.2) is 59.9 Å². The normalized spacial score (nSPS) is 16.8. The molecule has 46 heavy (non-hydrogen) atoms. The molecule has 0 saturated heterocycles. The van der Waals surface area contributed by atoms with Gasteiger partial charge in [-0.1, -0.05) is 12.1 Å². The number of carbonyl (C=O) groups is 2. The molecule has 1 saturated carbocycles. The number of nitrogens with one attached hydrogen (secondary N) is 1. The van der Waals surface area contributed by atoms with Gasteiger partial charge in [0.25, 0.3) is 5.91 Å². The number of amides is 1. The minimum Gasteiger partial charge on any atom is -0.475 e. The maximum Gasteiger partial charge on any atom is 0.271 e. The molecule has 9 nitrogen and oxygen atoms in total. The third kappa shape index (κ3) is 9.77. The van der Waals surface area contributed by atoms with Crippen LogP contribution in [0.2, 0.25) is 0 Å². The average Bonchev–Trinajstić information content (AvgIpc) is 3.04. The molecule has 2 aromatic carbocycles. The van der Waals surface area contributed by atoms with E-state index in [0.717, 1.165) is 24.3 Å². The first kappa shape index (κ1) is 34.4. The molecule has 1 N–H and O–H groups in total. The molecule has 1 fully saturated rings. The van der Waals surface area contributed by atoms with Crippen molar-refractivity contribution in [3.05, 3.63) is 100 Å². The third-order valence-corrected chi connectivity index (χ3v) is 7.16. The quantitative estimate of drug-likeness (QED) is 0.201. The zero-order valence-electron chi connectivity index (χ0n) is 25.4. The summed E-state index contributed by atoms with van der Waals surface area (Å²) in [5, 5.41) is 2.83. The van der Waals surface area contributed by atoms with E-state index in [9.17, 15) is 27.2 Å². The Morgan fingerprint density at radius 3 is 1.85 bits per heavy atom. The summed E-state index contributed by atoms with van der Waals surface area (Å²) < 4.78 is 70.6. The summed E-state index contributed by atoms with van der Waals surface area (Å²) in [5.41, 5.74) is 0.891. The number of benzene rings is 2. The number of rotatable bonds is 14. The molecule has 4 rings (SSSR count). The van der Waals surface area contributed by atoms with E-state index in [2.05, 4.69) is 20.2 Å². The fraction of sp³-hybridized carbons (Fsp3) is 0.333. The molecule has 1 amide bonds. The van der Waals surface area contributed by atoms with Crippen molar-refractivity contribution in [3.8, 4) is 5.88 Å². The zero-order valence-corrected chi connectivity index (χ0v) is 25.4. The van der Waals surface area contributed by atoms with Crippen molar-refractivity contribution in [1.29, 1.82) is 0 Å². The van der Waals surface area contributed by atoms with Crippen molar-refractivity contribution < 1.29 is 41.4 Å². The first-order chi connectivity index (χ1) is 22.2. The van der Waals surface area contributed by atoms with Crippen LogP contribution in [0.4, 0.5) is 17.6 Å². The highest BCUT2D eigenvalue weighted by atomic mass is 19.2. The van der Waals surface area contributed by atoms with Crippen LogP contribution in [0.1, 0.15) is 34.5 Å². The number of Topliss-reactive ketones (excluding diaryl/α,β-unsaturated/α-hetero) is 1. The number of halogens is 4. The van der Waals surface area contributed by atoms with Crippen molar-refractivity contribution in [3.63, 3.8) is 0 Å². The number of carbonyl (C=O) groups excluding carboxylic acids is 2. The number of methoxy groups -OCH3 is 2. The third-order valence-electron chi connectivity index (χ3n) is 7.16. The van der Waals surface area contributed by atoms with E-state index in [1.54, 1.807) is 14.2 Å². The van der Waals surface area contributed by atoms with E-state index in [4.69, 9.17) is 14.2 Å². The zero-order chi connectivity index (χ0) is 33.1. The molecule has 1 aromatic heterocycles. The van der Waals surface area contributed by atoms with Gasteiger partial charge >= 0.3 is 0 Å². The minimum absolute atomic E-state index is 0.00309. The largest absolute Gasteiger partial charge is 0.475 e. The molecule has 1 aliphatic carbocycles. The molecule has 13 heteroatoms. The van der Waals surface area contributed by atoms with Gasteiger partial charge in [-0.2, -0.15) is 0 Å². The van der Waals surface area contributed by atoms with Gasteiger partial charge in [0.2, 0.25) is 5.88 Å². The Balaban J connectivity index is 1.46. The highest BCUT2D eigenvalue weighted by Gasteiger charge is 2.29. The Morgan fingerprint density at radius 1 is 0.826 bits per heavy atom. The number of ketones is 1. The maximum absolute atomic E-state index is 13.9. The van der Waals surface area contributed by atoms with Crippen LogP contribution >= 0.6 is 0 Å². The van der Waals surface area contributed by atoms with Crippen molar-refractivity contribution in [1.82, 2.24) is 20.2 Å². The second kappa shape index (κ2) is 16.7. The molecule has 0 unspecified atom stereocenters. The lowest BCUT2D eigenvalue weighted by Gasteiger charge is -2.26. The molecule has 244 valence electrons. The highest BCUT2D eigenvalue weighted by Crippen LogP contribution is 2.29. The lowest BCUT2D eigenvalue weighted by atomic mass is 9.83. The van der Waals surface area contributed by atoms with Crippen molar-refractivity contribution >= 4 is 23.8 Å². The summed E-state index contributed by atoms with van der Waals surface area (Å²) in [7, 11) is 3.26. The monoisotopic (exact) mass is 642 g/mol. The van der Waals surface area contributed by atoms with E-state index in [1.165, 1.54) is 36.7 Å². The summed E-state index contributed by atoms with van der Waals surface area (Å²) in [6.45, 7) is 3.45. The van der Waals surface area contributed by atoms with Gasteiger partial charge in [-0.05, 0) is 60.4 Å². The number of ether oxygens (including phenoxy) is 3. The van der Waals surface area contributed by atoms with Crippen molar-refractivity contribution in [2.24, 2.45) is 0 Å². The second-order valence-corrected chi connectivity index (χ2v) is 10.5. The fourth-order valence-electron chi connectivity index (χ4n) is 4.78. The molecule has 0 aliphatic heterocycles. The van der Waals surface area contributed by atoms with Gasteiger partial charge in [0.05, 0.1) is 25.6 Å². The van der Waals surface area contributed by atoms with Gasteiger partial charge in [-0.3, -0.25) is 14.5 Å². The number of nitrogens with zero attached hydrogens (tertiary/aromatic N) is 3. The van der Waals surface area contributed by atoms with Crippen LogP contribution in [-0.2, 0) is 14.3 Å². The number of hydrogen-bond acceptors (Lipinski definition) is 8. The second-order valence-electron chi connectivity index (χ2n) is 10.5. The predicted octanol–water partition coefficient (Wildman–Crippen LogP) is 4.64. The Hall–Kier alpha value is -4.46. The van der Waals surface area contributed by atoms with E-state index >= 15 is 0 Å². The highest BCUT2D eigenvalue weighted by molar-refractivity contribution is 6.14. The van der Waals surface area contributed by atoms with Crippen LogP contribution in [0.5, 0.6) is 5.88 Å². The first-order valence-corrected chi connectivity index (χ1v) is 14.5. The van der Waals surface area contributed by atoms with E-state index in [0.29, 0.717) is 39.5 Å². The summed E-state index contributed by atoms with van der Waals surface area (Å²) >= 11 is 0. The van der Waals surface area contributed by atoms with Crippen molar-refractivity contribution in [2.75, 3.05) is 53.7 Å². The van der Waals surface area contributed by atoms with Gasteiger partial charge in [-0.15, -0.1) is 0 Å². The van der Waals surface area contributed by atoms with Crippen LogP contribution in [0, 0.1) is 23.3 Å². The lowest BCUT2D eigenvalue weighted by molar-refractivity contribution is -0.113. The number of hydrogen-bond donors (Lipinski definition) is 1. The van der Waals surface area contributed by atoms with E-state index in [-0.39, 0.29) is 46.7 Å². The van der Waals surface area contributed by atoms with Crippen LogP contribution in [0.25, 0.3) is 12.2 Å². The average molecular weight is 643 g/mol. The Morgan fingerprint density at radius 2 is 1.37 bits per heavy atom. The fourth-order valence-corrected chi connectivity index (χ4v) is 4.78. The van der Waals surface area contributed by atoms with Gasteiger partial charge < -0.3 is 19.5 Å². The summed E-state index contributed by atoms with van der Waals surface area (Å²) in [6.07, 6.45) is 5.53. The molecule has 0 radical (unpaired) electrons. The minimum atomic E-state index is -1.08. The summed E-state index contributed by atoms with van der Waals surface area (Å²) in [4.78, 5) is 36.9. The molecule has 3 aromatic rings. The van der Waals surface area contributed by atoms with Gasteiger partial charge in [0.1, 0.15) is 12.3 Å². The molecule has 1 heterocycles. The Kier molecular flexibility index (Phi) is 12.5. The van der Waals surface area contributed by atoms with E-state index in [1.807, 2.05) is 0 Å². The molecule has 0 spiro atoms. The van der Waals surface area contributed by atoms with Gasteiger partial charge in [0.15, 0.2) is 29.1 Å². The van der Waals surface area contributed by atoms with Gasteiger partial charge in [0, 0.05) is 51.0 Å². The molecular weight excluding hydrogens is 608 g/mol. The standard InChI is InChI=1S/C33H34F4N4O5/c1-44-10-7-41(8-11-45-2)9-12-46-31-20-38-30(19-39-31)33(43)40-25-17-23(13-21-3-5-26(34)28(36)15-21)32(42)24(18-25)14-22-4-6-27(35)29(37)16-22/h3-6,13-16,19-20,25H,7-12,17-18H2,1-2H3,(H,40,43)/b23-13+,24-14+. The Labute approximate surface area is 263 Å². The summed E-state index contributed by atoms with van der Waals surface area (Å²) in [6, 6.07) is 5.79. The SMILES string of the molecule is COCCN(CCOC)CCOc1cnc(C(=O)NC2C/C(=C\c3ccc(F)c(F)c3)C(=O)/C(=C/c3ccc(F)c(F)c3)C2)cn1. The molecule has 1 aliphatic rings. The van der Waals surface area contributed by atoms with Crippen LogP contribution in [0.3, 0.4) is 0 Å². The van der Waals surface area contributed by atoms with Crippen LogP contribution < -0.4 is 10.1 Å². The molecular formula is C33H34F4N4O5.